The molecule has 0 radical (unpaired) electrons. The monoisotopic (exact) mass is 247 g/mol. The van der Waals surface area contributed by atoms with Gasteiger partial charge in [0.1, 0.15) is 0 Å². The van der Waals surface area contributed by atoms with E-state index in [4.69, 9.17) is 4.74 Å². The Morgan fingerprint density at radius 2 is 1.89 bits per heavy atom. The van der Waals surface area contributed by atoms with Crippen LogP contribution in [0.4, 0.5) is 0 Å². The first kappa shape index (κ1) is 13.6. The molecule has 0 bridgehead atoms. The van der Waals surface area contributed by atoms with Crippen LogP contribution in [0.2, 0.25) is 0 Å². The fourth-order valence-electron chi connectivity index (χ4n) is 2.62. The topological polar surface area (TPSA) is 21.3 Å². The van der Waals surface area contributed by atoms with Gasteiger partial charge >= 0.3 is 0 Å². The van der Waals surface area contributed by atoms with Gasteiger partial charge in [0.25, 0.3) is 0 Å². The lowest BCUT2D eigenvalue weighted by atomic mass is 9.86. The van der Waals surface area contributed by atoms with Crippen LogP contribution in [0, 0.1) is 0 Å². The molecule has 0 aliphatic carbocycles. The minimum absolute atomic E-state index is 0.220. The summed E-state index contributed by atoms with van der Waals surface area (Å²) >= 11 is 0. The highest BCUT2D eigenvalue weighted by atomic mass is 16.5. The van der Waals surface area contributed by atoms with Gasteiger partial charge in [-0.1, -0.05) is 45.0 Å². The zero-order chi connectivity index (χ0) is 13.2. The van der Waals surface area contributed by atoms with E-state index in [1.807, 2.05) is 7.05 Å². The molecule has 1 aromatic rings. The summed E-state index contributed by atoms with van der Waals surface area (Å²) in [7, 11) is 2.02. The summed E-state index contributed by atoms with van der Waals surface area (Å²) in [5.74, 6) is 0. The van der Waals surface area contributed by atoms with Crippen LogP contribution in [0.1, 0.15) is 50.8 Å². The number of benzene rings is 1. The van der Waals surface area contributed by atoms with Crippen molar-refractivity contribution in [3.05, 3.63) is 35.4 Å². The number of hydrogen-bond donors (Lipinski definition) is 1. The van der Waals surface area contributed by atoms with Crippen molar-refractivity contribution >= 4 is 0 Å². The standard InChI is InChI=1S/C16H25NO/c1-16(2,3)13-9-7-12(8-10-13)15(17-4)14-6-5-11-18-14/h7-10,14-15,17H,5-6,11H2,1-4H3. The van der Waals surface area contributed by atoms with E-state index in [9.17, 15) is 0 Å². The highest BCUT2D eigenvalue weighted by Gasteiger charge is 2.26. The molecule has 2 nitrogen and oxygen atoms in total. The van der Waals surface area contributed by atoms with Crippen LogP contribution < -0.4 is 5.32 Å². The van der Waals surface area contributed by atoms with E-state index in [0.29, 0.717) is 12.1 Å². The minimum atomic E-state index is 0.220. The lowest BCUT2D eigenvalue weighted by Gasteiger charge is -2.24. The Labute approximate surface area is 111 Å². The third-order valence-electron chi connectivity index (χ3n) is 3.78. The maximum absolute atomic E-state index is 5.80. The fraction of sp³-hybridized carbons (Fsp3) is 0.625. The summed E-state index contributed by atoms with van der Waals surface area (Å²) in [4.78, 5) is 0. The van der Waals surface area contributed by atoms with Crippen molar-refractivity contribution in [3.8, 4) is 0 Å². The second-order valence-electron chi connectivity index (χ2n) is 6.19. The van der Waals surface area contributed by atoms with E-state index in [1.165, 1.54) is 17.5 Å². The summed E-state index contributed by atoms with van der Waals surface area (Å²) in [5, 5.41) is 3.39. The molecule has 1 fully saturated rings. The SMILES string of the molecule is CNC(c1ccc(C(C)(C)C)cc1)C1CCCO1. The van der Waals surface area contributed by atoms with Crippen molar-refractivity contribution in [2.45, 2.75) is 51.2 Å². The van der Waals surface area contributed by atoms with E-state index >= 15 is 0 Å². The highest BCUT2D eigenvalue weighted by molar-refractivity contribution is 5.29. The van der Waals surface area contributed by atoms with Crippen molar-refractivity contribution in [2.24, 2.45) is 0 Å². The average Bonchev–Trinajstić information content (AvgIpc) is 2.83. The number of nitrogens with one attached hydrogen (secondary N) is 1. The third-order valence-corrected chi connectivity index (χ3v) is 3.78. The zero-order valence-corrected chi connectivity index (χ0v) is 12.0. The first-order chi connectivity index (χ1) is 8.52. The van der Waals surface area contributed by atoms with Crippen LogP contribution in [-0.4, -0.2) is 19.8 Å². The largest absolute Gasteiger partial charge is 0.376 e. The quantitative estimate of drug-likeness (QED) is 0.883. The fourth-order valence-corrected chi connectivity index (χ4v) is 2.62. The third kappa shape index (κ3) is 2.93. The van der Waals surface area contributed by atoms with E-state index in [-0.39, 0.29) is 5.41 Å². The van der Waals surface area contributed by atoms with Crippen LogP contribution >= 0.6 is 0 Å². The molecule has 18 heavy (non-hydrogen) atoms. The first-order valence-corrected chi connectivity index (χ1v) is 6.91. The second kappa shape index (κ2) is 5.41. The summed E-state index contributed by atoms with van der Waals surface area (Å²) in [6.45, 7) is 7.65. The molecular weight excluding hydrogens is 222 g/mol. The average molecular weight is 247 g/mol. The Hall–Kier alpha value is -0.860. The van der Waals surface area contributed by atoms with Gasteiger partial charge in [-0.2, -0.15) is 0 Å². The summed E-state index contributed by atoms with van der Waals surface area (Å²) in [6.07, 6.45) is 2.67. The first-order valence-electron chi connectivity index (χ1n) is 6.91. The van der Waals surface area contributed by atoms with Gasteiger partial charge in [-0.25, -0.2) is 0 Å². The van der Waals surface area contributed by atoms with E-state index in [2.05, 4.69) is 50.4 Å². The van der Waals surface area contributed by atoms with Gasteiger partial charge in [0.15, 0.2) is 0 Å². The predicted molar refractivity (Wildman–Crippen MR) is 75.9 cm³/mol. The van der Waals surface area contributed by atoms with Gasteiger partial charge in [0, 0.05) is 6.61 Å². The van der Waals surface area contributed by atoms with E-state index in [1.54, 1.807) is 0 Å². The van der Waals surface area contributed by atoms with Crippen LogP contribution in [0.15, 0.2) is 24.3 Å². The van der Waals surface area contributed by atoms with Gasteiger partial charge in [0.2, 0.25) is 0 Å². The maximum atomic E-state index is 5.80. The van der Waals surface area contributed by atoms with Crippen molar-refractivity contribution in [1.82, 2.24) is 5.32 Å². The lowest BCUT2D eigenvalue weighted by molar-refractivity contribution is 0.0807. The Kier molecular flexibility index (Phi) is 4.08. The van der Waals surface area contributed by atoms with Crippen molar-refractivity contribution in [2.75, 3.05) is 13.7 Å². The van der Waals surface area contributed by atoms with Crippen molar-refractivity contribution in [1.29, 1.82) is 0 Å². The molecule has 1 aromatic carbocycles. The molecule has 0 aromatic heterocycles. The molecule has 0 spiro atoms. The van der Waals surface area contributed by atoms with Gasteiger partial charge in [-0.3, -0.25) is 0 Å². The number of ether oxygens (including phenoxy) is 1. The molecule has 1 saturated heterocycles. The van der Waals surface area contributed by atoms with Crippen molar-refractivity contribution < 1.29 is 4.74 Å². The van der Waals surface area contributed by atoms with Gasteiger partial charge in [-0.05, 0) is 36.4 Å². The molecule has 2 unspecified atom stereocenters. The molecule has 2 heteroatoms. The van der Waals surface area contributed by atoms with Crippen LogP contribution in [0.5, 0.6) is 0 Å². The Morgan fingerprint density at radius 1 is 1.22 bits per heavy atom. The molecule has 1 aliphatic heterocycles. The minimum Gasteiger partial charge on any atom is -0.376 e. The van der Waals surface area contributed by atoms with Crippen LogP contribution in [0.3, 0.4) is 0 Å². The summed E-state index contributed by atoms with van der Waals surface area (Å²) in [5.41, 5.74) is 2.93. The highest BCUT2D eigenvalue weighted by Crippen LogP contribution is 2.29. The normalized spacial score (nSPS) is 22.1. The second-order valence-corrected chi connectivity index (χ2v) is 6.19. The number of hydrogen-bond acceptors (Lipinski definition) is 2. The predicted octanol–water partition coefficient (Wildman–Crippen LogP) is 3.42. The maximum Gasteiger partial charge on any atom is 0.0770 e. The Morgan fingerprint density at radius 3 is 2.33 bits per heavy atom. The van der Waals surface area contributed by atoms with Gasteiger partial charge in [0.05, 0.1) is 12.1 Å². The summed E-state index contributed by atoms with van der Waals surface area (Å²) < 4.78 is 5.80. The Balaban J connectivity index is 2.16. The van der Waals surface area contributed by atoms with Crippen molar-refractivity contribution in [3.63, 3.8) is 0 Å². The smallest absolute Gasteiger partial charge is 0.0770 e. The number of rotatable bonds is 3. The Bertz CT molecular complexity index is 371. The molecule has 100 valence electrons. The molecule has 2 atom stereocenters. The summed E-state index contributed by atoms with van der Waals surface area (Å²) in [6, 6.07) is 9.29. The van der Waals surface area contributed by atoms with Gasteiger partial charge < -0.3 is 10.1 Å². The molecule has 1 heterocycles. The molecule has 0 amide bonds. The molecular formula is C16H25NO. The van der Waals surface area contributed by atoms with Crippen LogP contribution in [0.25, 0.3) is 0 Å². The lowest BCUT2D eigenvalue weighted by Crippen LogP contribution is -2.29. The van der Waals surface area contributed by atoms with Crippen LogP contribution in [-0.2, 0) is 10.2 Å². The van der Waals surface area contributed by atoms with E-state index in [0.717, 1.165) is 13.0 Å². The molecule has 0 saturated carbocycles. The molecule has 2 rings (SSSR count). The zero-order valence-electron chi connectivity index (χ0n) is 12.0. The van der Waals surface area contributed by atoms with E-state index < -0.39 is 0 Å². The molecule has 1 aliphatic rings. The molecule has 1 N–H and O–H groups in total. The number of likely N-dealkylation sites (N-methyl/N-ethyl adjacent to an activating group) is 1. The van der Waals surface area contributed by atoms with Gasteiger partial charge in [-0.15, -0.1) is 0 Å².